The first-order valence-corrected chi connectivity index (χ1v) is 9.25. The Morgan fingerprint density at radius 3 is 2.38 bits per heavy atom. The second-order valence-corrected chi connectivity index (χ2v) is 6.89. The van der Waals surface area contributed by atoms with Crippen molar-refractivity contribution in [1.29, 1.82) is 5.41 Å². The van der Waals surface area contributed by atoms with Crippen LogP contribution in [0.5, 0.6) is 0 Å². The van der Waals surface area contributed by atoms with Crippen LogP contribution in [0.15, 0.2) is 66.9 Å². The third-order valence-corrected chi connectivity index (χ3v) is 5.18. The highest BCUT2D eigenvalue weighted by Crippen LogP contribution is 2.39. The van der Waals surface area contributed by atoms with E-state index in [2.05, 4.69) is 74.3 Å². The van der Waals surface area contributed by atoms with Crippen molar-refractivity contribution in [2.24, 2.45) is 0 Å². The summed E-state index contributed by atoms with van der Waals surface area (Å²) in [7, 11) is 1.92. The van der Waals surface area contributed by atoms with Gasteiger partial charge in [0.25, 0.3) is 0 Å². The highest BCUT2D eigenvalue weighted by molar-refractivity contribution is 5.78. The van der Waals surface area contributed by atoms with Gasteiger partial charge in [0, 0.05) is 12.7 Å². The molecule has 0 aliphatic rings. The van der Waals surface area contributed by atoms with Crippen LogP contribution in [0.3, 0.4) is 0 Å². The Kier molecular flexibility index (Phi) is 6.76. The van der Waals surface area contributed by atoms with Crippen LogP contribution in [0, 0.1) is 5.41 Å². The molecule has 0 amide bonds. The van der Waals surface area contributed by atoms with Crippen molar-refractivity contribution in [3.05, 3.63) is 83.6 Å². The van der Waals surface area contributed by atoms with Crippen LogP contribution in [0.25, 0.3) is 0 Å². The SMILES string of the molecule is C=C(N(C)C(C)=N)C(C)(c1ccccc1)c1cccc(CCNCC)c1. The van der Waals surface area contributed by atoms with E-state index in [1.165, 1.54) is 16.7 Å². The van der Waals surface area contributed by atoms with Gasteiger partial charge in [0.15, 0.2) is 0 Å². The Labute approximate surface area is 158 Å². The van der Waals surface area contributed by atoms with Gasteiger partial charge in [0.2, 0.25) is 0 Å². The van der Waals surface area contributed by atoms with Crippen LogP contribution < -0.4 is 5.32 Å². The first kappa shape index (κ1) is 19.9. The zero-order valence-electron chi connectivity index (χ0n) is 16.5. The average Bonchev–Trinajstić information content (AvgIpc) is 2.67. The van der Waals surface area contributed by atoms with E-state index in [-0.39, 0.29) is 0 Å². The molecule has 0 saturated carbocycles. The molecule has 0 spiro atoms. The number of allylic oxidation sites excluding steroid dienone is 1. The summed E-state index contributed by atoms with van der Waals surface area (Å²) >= 11 is 0. The summed E-state index contributed by atoms with van der Waals surface area (Å²) in [5.74, 6) is 0.487. The van der Waals surface area contributed by atoms with Crippen LogP contribution in [-0.4, -0.2) is 30.9 Å². The van der Waals surface area contributed by atoms with Crippen LogP contribution in [0.4, 0.5) is 0 Å². The standard InChI is InChI=1S/C23H31N3/c1-6-25-16-15-20-11-10-14-22(17-20)23(4,18(2)26(5)19(3)24)21-12-8-7-9-13-21/h7-14,17,24-25H,2,6,15-16H2,1,3-5H3. The van der Waals surface area contributed by atoms with Gasteiger partial charge < -0.3 is 10.2 Å². The molecule has 0 fully saturated rings. The van der Waals surface area contributed by atoms with Gasteiger partial charge in [-0.2, -0.15) is 0 Å². The number of benzene rings is 2. The fourth-order valence-corrected chi connectivity index (χ4v) is 3.26. The summed E-state index contributed by atoms with van der Waals surface area (Å²) in [6, 6.07) is 19.2. The van der Waals surface area contributed by atoms with E-state index in [0.29, 0.717) is 5.84 Å². The van der Waals surface area contributed by atoms with Crippen molar-refractivity contribution in [3.8, 4) is 0 Å². The quantitative estimate of drug-likeness (QED) is 0.416. The van der Waals surface area contributed by atoms with Crippen LogP contribution in [-0.2, 0) is 11.8 Å². The molecule has 2 rings (SSSR count). The highest BCUT2D eigenvalue weighted by Gasteiger charge is 2.34. The molecule has 1 atom stereocenters. The molecule has 26 heavy (non-hydrogen) atoms. The van der Waals surface area contributed by atoms with Crippen molar-refractivity contribution >= 4 is 5.84 Å². The molecule has 1 unspecified atom stereocenters. The minimum Gasteiger partial charge on any atom is -0.337 e. The van der Waals surface area contributed by atoms with Gasteiger partial charge in [-0.15, -0.1) is 0 Å². The van der Waals surface area contributed by atoms with Crippen molar-refractivity contribution in [1.82, 2.24) is 10.2 Å². The van der Waals surface area contributed by atoms with Crippen LogP contribution >= 0.6 is 0 Å². The normalized spacial score (nSPS) is 13.1. The second-order valence-electron chi connectivity index (χ2n) is 6.89. The number of nitrogens with zero attached hydrogens (tertiary/aromatic N) is 1. The molecule has 0 saturated heterocycles. The van der Waals surface area contributed by atoms with Gasteiger partial charge in [0.05, 0.1) is 11.3 Å². The molecule has 2 N–H and O–H groups in total. The highest BCUT2D eigenvalue weighted by atomic mass is 15.2. The Balaban J connectivity index is 2.50. The first-order valence-electron chi connectivity index (χ1n) is 9.25. The smallest absolute Gasteiger partial charge is 0.0965 e. The average molecular weight is 350 g/mol. The van der Waals surface area contributed by atoms with Gasteiger partial charge in [-0.1, -0.05) is 68.1 Å². The lowest BCUT2D eigenvalue weighted by Gasteiger charge is -2.38. The van der Waals surface area contributed by atoms with Crippen LogP contribution in [0.2, 0.25) is 0 Å². The van der Waals surface area contributed by atoms with E-state index in [1.807, 2.05) is 18.0 Å². The van der Waals surface area contributed by atoms with Crippen molar-refractivity contribution in [2.75, 3.05) is 20.1 Å². The maximum absolute atomic E-state index is 8.05. The van der Waals surface area contributed by atoms with E-state index in [9.17, 15) is 0 Å². The van der Waals surface area contributed by atoms with Gasteiger partial charge in [-0.25, -0.2) is 0 Å². The van der Waals surface area contributed by atoms with Gasteiger partial charge in [-0.05, 0) is 50.0 Å². The Hall–Kier alpha value is -2.39. The third-order valence-electron chi connectivity index (χ3n) is 5.18. The number of hydrogen-bond donors (Lipinski definition) is 2. The second kappa shape index (κ2) is 8.81. The predicted octanol–water partition coefficient (Wildman–Crippen LogP) is 4.59. The molecular weight excluding hydrogens is 318 g/mol. The Morgan fingerprint density at radius 1 is 1.12 bits per heavy atom. The fraction of sp³-hybridized carbons (Fsp3) is 0.348. The molecule has 138 valence electrons. The molecule has 0 radical (unpaired) electrons. The Bertz CT molecular complexity index is 751. The number of nitrogens with one attached hydrogen (secondary N) is 2. The molecule has 0 aromatic heterocycles. The fourth-order valence-electron chi connectivity index (χ4n) is 3.26. The topological polar surface area (TPSA) is 39.1 Å². The maximum Gasteiger partial charge on any atom is 0.0965 e. The Morgan fingerprint density at radius 2 is 1.77 bits per heavy atom. The van der Waals surface area contributed by atoms with Gasteiger partial charge in [-0.3, -0.25) is 5.41 Å². The monoisotopic (exact) mass is 349 g/mol. The summed E-state index contributed by atoms with van der Waals surface area (Å²) in [5, 5.41) is 11.4. The molecule has 0 bridgehead atoms. The molecule has 3 heteroatoms. The summed E-state index contributed by atoms with van der Waals surface area (Å²) in [5.41, 5.74) is 4.21. The molecule has 3 nitrogen and oxygen atoms in total. The van der Waals surface area contributed by atoms with Crippen LogP contribution in [0.1, 0.15) is 37.5 Å². The lowest BCUT2D eigenvalue weighted by molar-refractivity contribution is 0.492. The number of rotatable bonds is 8. The maximum atomic E-state index is 8.05. The van der Waals surface area contributed by atoms with Gasteiger partial charge in [0.1, 0.15) is 0 Å². The molecule has 0 aliphatic carbocycles. The van der Waals surface area contributed by atoms with E-state index >= 15 is 0 Å². The predicted molar refractivity (Wildman–Crippen MR) is 112 cm³/mol. The lowest BCUT2D eigenvalue weighted by atomic mass is 9.73. The third kappa shape index (κ3) is 4.23. The first-order chi connectivity index (χ1) is 12.4. The molecule has 0 heterocycles. The number of hydrogen-bond acceptors (Lipinski definition) is 2. The number of amidine groups is 1. The zero-order chi connectivity index (χ0) is 19.2. The van der Waals surface area contributed by atoms with E-state index in [4.69, 9.17) is 5.41 Å². The minimum absolute atomic E-state index is 0.396. The summed E-state index contributed by atoms with van der Waals surface area (Å²) in [4.78, 5) is 1.87. The largest absolute Gasteiger partial charge is 0.337 e. The van der Waals surface area contributed by atoms with E-state index < -0.39 is 5.41 Å². The number of likely N-dealkylation sites (N-methyl/N-ethyl adjacent to an activating group) is 2. The summed E-state index contributed by atoms with van der Waals surface area (Å²) in [6.45, 7) is 12.5. The molecule has 2 aromatic rings. The zero-order valence-corrected chi connectivity index (χ0v) is 16.5. The van der Waals surface area contributed by atoms with Crippen molar-refractivity contribution < 1.29 is 0 Å². The molecular formula is C23H31N3. The minimum atomic E-state index is -0.396. The summed E-state index contributed by atoms with van der Waals surface area (Å²) < 4.78 is 0. The van der Waals surface area contributed by atoms with E-state index in [0.717, 1.165) is 25.2 Å². The van der Waals surface area contributed by atoms with Crippen molar-refractivity contribution in [3.63, 3.8) is 0 Å². The van der Waals surface area contributed by atoms with Crippen molar-refractivity contribution in [2.45, 2.75) is 32.6 Å². The summed E-state index contributed by atoms with van der Waals surface area (Å²) in [6.07, 6.45) is 0.998. The molecule has 0 aliphatic heterocycles. The molecule has 2 aromatic carbocycles. The lowest BCUT2D eigenvalue weighted by Crippen LogP contribution is -2.37. The van der Waals surface area contributed by atoms with Gasteiger partial charge >= 0.3 is 0 Å². The van der Waals surface area contributed by atoms with E-state index in [1.54, 1.807) is 6.92 Å².